The highest BCUT2D eigenvalue weighted by Gasteiger charge is 2.27. The van der Waals surface area contributed by atoms with E-state index in [1.165, 1.54) is 9.71 Å². The van der Waals surface area contributed by atoms with Gasteiger partial charge in [-0.05, 0) is 30.7 Å². The number of amides is 2. The molecule has 0 unspecified atom stereocenters. The number of sulfonamides is 1. The van der Waals surface area contributed by atoms with E-state index in [1.807, 2.05) is 37.3 Å². The first-order chi connectivity index (χ1) is 15.4. The van der Waals surface area contributed by atoms with Crippen LogP contribution in [0.25, 0.3) is 6.08 Å². The van der Waals surface area contributed by atoms with Crippen LogP contribution in [0, 0.1) is 0 Å². The van der Waals surface area contributed by atoms with Gasteiger partial charge in [0.1, 0.15) is 5.75 Å². The van der Waals surface area contributed by atoms with Crippen LogP contribution in [0.5, 0.6) is 5.75 Å². The maximum Gasteiger partial charge on any atom is 0.255 e. The molecule has 1 saturated heterocycles. The van der Waals surface area contributed by atoms with Crippen molar-refractivity contribution in [3.63, 3.8) is 0 Å². The molecular formula is C23H27N3O5S. The number of hydrogen-bond acceptors (Lipinski definition) is 5. The summed E-state index contributed by atoms with van der Waals surface area (Å²) in [5.74, 6) is -0.193. The van der Waals surface area contributed by atoms with Crippen LogP contribution in [-0.2, 0) is 14.8 Å². The average Bonchev–Trinajstić information content (AvgIpc) is 2.82. The lowest BCUT2D eigenvalue weighted by molar-refractivity contribution is -0.131. The van der Waals surface area contributed by atoms with Gasteiger partial charge in [-0.1, -0.05) is 42.5 Å². The van der Waals surface area contributed by atoms with Crippen molar-refractivity contribution in [2.24, 2.45) is 0 Å². The van der Waals surface area contributed by atoms with Gasteiger partial charge in [-0.3, -0.25) is 9.59 Å². The predicted molar refractivity (Wildman–Crippen MR) is 122 cm³/mol. The minimum absolute atomic E-state index is 0.167. The third kappa shape index (κ3) is 6.18. The summed E-state index contributed by atoms with van der Waals surface area (Å²) in [6.07, 6.45) is 1.56. The average molecular weight is 458 g/mol. The van der Waals surface area contributed by atoms with Crippen molar-refractivity contribution in [2.45, 2.75) is 6.92 Å². The zero-order valence-electron chi connectivity index (χ0n) is 17.9. The van der Waals surface area contributed by atoms with Crippen LogP contribution in [-0.4, -0.2) is 68.8 Å². The molecule has 2 aromatic carbocycles. The topological polar surface area (TPSA) is 96.0 Å². The molecule has 1 N–H and O–H groups in total. The quantitative estimate of drug-likeness (QED) is 0.654. The van der Waals surface area contributed by atoms with E-state index in [-0.39, 0.29) is 38.6 Å². The molecule has 0 aliphatic carbocycles. The SMILES string of the molecule is CCOc1ccccc1C(=O)NCC(=O)N1CCN(S(=O)(=O)/C=C/c2ccccc2)CC1. The van der Waals surface area contributed by atoms with E-state index >= 15 is 0 Å². The van der Waals surface area contributed by atoms with Gasteiger partial charge in [0.05, 0.1) is 18.7 Å². The molecule has 1 aliphatic heterocycles. The van der Waals surface area contributed by atoms with E-state index in [9.17, 15) is 18.0 Å². The van der Waals surface area contributed by atoms with Gasteiger partial charge >= 0.3 is 0 Å². The molecule has 3 rings (SSSR count). The summed E-state index contributed by atoms with van der Waals surface area (Å²) in [6, 6.07) is 16.0. The highest BCUT2D eigenvalue weighted by molar-refractivity contribution is 7.92. The van der Waals surface area contributed by atoms with E-state index in [0.717, 1.165) is 5.56 Å². The first-order valence-corrected chi connectivity index (χ1v) is 11.9. The van der Waals surface area contributed by atoms with Gasteiger partial charge < -0.3 is 15.0 Å². The molecule has 0 atom stereocenters. The van der Waals surface area contributed by atoms with Crippen molar-refractivity contribution in [1.29, 1.82) is 0 Å². The van der Waals surface area contributed by atoms with Crippen LogP contribution in [0.3, 0.4) is 0 Å². The molecule has 9 heteroatoms. The van der Waals surface area contributed by atoms with E-state index in [0.29, 0.717) is 17.9 Å². The van der Waals surface area contributed by atoms with E-state index < -0.39 is 15.9 Å². The minimum atomic E-state index is -3.57. The Hall–Kier alpha value is -3.17. The Morgan fingerprint density at radius 3 is 2.34 bits per heavy atom. The Balaban J connectivity index is 1.50. The van der Waals surface area contributed by atoms with Crippen LogP contribution in [0.4, 0.5) is 0 Å². The molecule has 170 valence electrons. The van der Waals surface area contributed by atoms with Gasteiger partial charge in [0.2, 0.25) is 15.9 Å². The molecule has 1 fully saturated rings. The highest BCUT2D eigenvalue weighted by Crippen LogP contribution is 2.17. The number of benzene rings is 2. The number of nitrogens with one attached hydrogen (secondary N) is 1. The number of piperazine rings is 1. The van der Waals surface area contributed by atoms with E-state index in [1.54, 1.807) is 35.2 Å². The fourth-order valence-electron chi connectivity index (χ4n) is 3.31. The Kier molecular flexibility index (Phi) is 8.02. The van der Waals surface area contributed by atoms with Crippen molar-refractivity contribution in [1.82, 2.24) is 14.5 Å². The number of ether oxygens (including phenoxy) is 1. The number of nitrogens with zero attached hydrogens (tertiary/aromatic N) is 2. The van der Waals surface area contributed by atoms with Crippen LogP contribution in [0.1, 0.15) is 22.8 Å². The van der Waals surface area contributed by atoms with Crippen LogP contribution >= 0.6 is 0 Å². The van der Waals surface area contributed by atoms with Crippen LogP contribution in [0.15, 0.2) is 60.0 Å². The Morgan fingerprint density at radius 1 is 1.00 bits per heavy atom. The monoisotopic (exact) mass is 457 g/mol. The Labute approximate surface area is 188 Å². The molecule has 1 heterocycles. The van der Waals surface area contributed by atoms with Crippen molar-refractivity contribution < 1.29 is 22.7 Å². The molecule has 0 saturated carbocycles. The lowest BCUT2D eigenvalue weighted by atomic mass is 10.2. The smallest absolute Gasteiger partial charge is 0.255 e. The Morgan fingerprint density at radius 2 is 1.66 bits per heavy atom. The highest BCUT2D eigenvalue weighted by atomic mass is 32.2. The molecule has 32 heavy (non-hydrogen) atoms. The lowest BCUT2D eigenvalue weighted by Gasteiger charge is -2.33. The molecule has 2 amide bonds. The zero-order valence-corrected chi connectivity index (χ0v) is 18.8. The third-order valence-corrected chi connectivity index (χ3v) is 6.58. The second kappa shape index (κ2) is 10.9. The number of rotatable bonds is 8. The van der Waals surface area contributed by atoms with Crippen molar-refractivity contribution >= 4 is 27.9 Å². The van der Waals surface area contributed by atoms with Crippen LogP contribution < -0.4 is 10.1 Å². The summed E-state index contributed by atoms with van der Waals surface area (Å²) < 4.78 is 31.9. The molecule has 1 aliphatic rings. The van der Waals surface area contributed by atoms with Crippen molar-refractivity contribution in [2.75, 3.05) is 39.3 Å². The maximum atomic E-state index is 12.6. The molecule has 0 spiro atoms. The van der Waals surface area contributed by atoms with Gasteiger partial charge in [-0.2, -0.15) is 4.31 Å². The second-order valence-electron chi connectivity index (χ2n) is 7.15. The summed E-state index contributed by atoms with van der Waals surface area (Å²) in [5, 5.41) is 3.81. The summed E-state index contributed by atoms with van der Waals surface area (Å²) in [5.41, 5.74) is 1.16. The minimum Gasteiger partial charge on any atom is -0.493 e. The maximum absolute atomic E-state index is 12.6. The summed E-state index contributed by atoms with van der Waals surface area (Å²) in [6.45, 7) is 3.03. The molecule has 8 nitrogen and oxygen atoms in total. The number of carbonyl (C=O) groups is 2. The first kappa shape index (κ1) is 23.5. The number of hydrogen-bond donors (Lipinski definition) is 1. The summed E-state index contributed by atoms with van der Waals surface area (Å²) in [4.78, 5) is 26.5. The van der Waals surface area contributed by atoms with Crippen molar-refractivity contribution in [3.05, 3.63) is 71.1 Å². The van der Waals surface area contributed by atoms with Crippen LogP contribution in [0.2, 0.25) is 0 Å². The van der Waals surface area contributed by atoms with E-state index in [2.05, 4.69) is 5.32 Å². The van der Waals surface area contributed by atoms with Gasteiger partial charge in [0.15, 0.2) is 0 Å². The van der Waals surface area contributed by atoms with Gasteiger partial charge in [-0.25, -0.2) is 8.42 Å². The summed E-state index contributed by atoms with van der Waals surface area (Å²) in [7, 11) is -3.57. The zero-order chi connectivity index (χ0) is 23.0. The molecular weight excluding hydrogens is 430 g/mol. The normalized spacial score (nSPS) is 15.0. The lowest BCUT2D eigenvalue weighted by Crippen LogP contribution is -2.52. The largest absolute Gasteiger partial charge is 0.493 e. The van der Waals surface area contributed by atoms with Gasteiger partial charge in [-0.15, -0.1) is 0 Å². The predicted octanol–water partition coefficient (Wildman–Crippen LogP) is 1.96. The fraction of sp³-hybridized carbons (Fsp3) is 0.304. The number of para-hydroxylation sites is 1. The summed E-state index contributed by atoms with van der Waals surface area (Å²) >= 11 is 0. The third-order valence-electron chi connectivity index (χ3n) is 5.01. The molecule has 2 aromatic rings. The van der Waals surface area contributed by atoms with E-state index in [4.69, 9.17) is 4.74 Å². The van der Waals surface area contributed by atoms with Gasteiger partial charge in [0, 0.05) is 31.6 Å². The molecule has 0 bridgehead atoms. The Bertz CT molecular complexity index is 1060. The molecule has 0 radical (unpaired) electrons. The van der Waals surface area contributed by atoms with Gasteiger partial charge in [0.25, 0.3) is 5.91 Å². The fourth-order valence-corrected chi connectivity index (χ4v) is 4.48. The standard InChI is InChI=1S/C23H27N3O5S/c1-2-31-21-11-7-6-10-20(21)23(28)24-18-22(27)25-13-15-26(16-14-25)32(29,30)17-12-19-8-4-3-5-9-19/h3-12,17H,2,13-16,18H2,1H3,(H,24,28)/b17-12+. The molecule has 0 aromatic heterocycles. The second-order valence-corrected chi connectivity index (χ2v) is 8.97. The first-order valence-electron chi connectivity index (χ1n) is 10.4. The number of carbonyl (C=O) groups excluding carboxylic acids is 2. The van der Waals surface area contributed by atoms with Crippen molar-refractivity contribution in [3.8, 4) is 5.75 Å².